The van der Waals surface area contributed by atoms with E-state index in [9.17, 15) is 14.0 Å². The fraction of sp³-hybridized carbons (Fsp3) is 0.500. The average molecular weight is 511 g/mol. The Morgan fingerprint density at radius 2 is 1.68 bits per heavy atom. The number of hydrogen-bond donors (Lipinski definition) is 0. The Kier molecular flexibility index (Phi) is 6.63. The van der Waals surface area contributed by atoms with Crippen LogP contribution in [0.5, 0.6) is 0 Å². The molecule has 0 aliphatic carbocycles. The van der Waals surface area contributed by atoms with Crippen LogP contribution in [0.15, 0.2) is 33.9 Å². The lowest BCUT2D eigenvalue weighted by molar-refractivity contribution is 0.164. The predicted molar refractivity (Wildman–Crippen MR) is 136 cm³/mol. The van der Waals surface area contributed by atoms with Crippen LogP contribution in [0.25, 0.3) is 11.2 Å². The largest absolute Gasteiger partial charge is 0.340 e. The van der Waals surface area contributed by atoms with E-state index in [1.165, 1.54) is 23.7 Å². The number of imidazole rings is 1. The minimum Gasteiger partial charge on any atom is -0.340 e. The number of piperazine rings is 1. The summed E-state index contributed by atoms with van der Waals surface area (Å²) in [6, 6.07) is 6.41. The summed E-state index contributed by atoms with van der Waals surface area (Å²) in [5.74, 6) is 1.19. The quantitative estimate of drug-likeness (QED) is 0.359. The molecule has 3 aromatic heterocycles. The Morgan fingerprint density at radius 1 is 0.973 bits per heavy atom. The number of nitrogens with zero attached hydrogens (tertiary/aromatic N) is 10. The zero-order chi connectivity index (χ0) is 26.3. The Balaban J connectivity index is 1.37. The number of hydrogen-bond acceptors (Lipinski definition) is 8. The number of fused-ring (bicyclic) bond motifs is 1. The summed E-state index contributed by atoms with van der Waals surface area (Å²) in [7, 11) is 4.95. The average Bonchev–Trinajstić information content (AvgIpc) is 3.50. The molecule has 0 bridgehead atoms. The van der Waals surface area contributed by atoms with Gasteiger partial charge in [0.05, 0.1) is 12.6 Å². The second kappa shape index (κ2) is 9.88. The van der Waals surface area contributed by atoms with Gasteiger partial charge in [0.15, 0.2) is 17.0 Å². The second-order valence-electron chi connectivity index (χ2n) is 9.50. The number of halogens is 1. The van der Waals surface area contributed by atoms with Gasteiger partial charge in [-0.3, -0.25) is 23.4 Å². The standard InChI is InChI=1S/C24H31FN10O2/c1-5-6-18(20-27-28-29-35(20)15-16-7-9-17(25)10-8-16)33-11-13-34(14-12-33)23-26-19-21(30(23)2)31(3)24(37)32(4)22(19)36/h7-10,18H,5-6,11-15H2,1-4H3. The van der Waals surface area contributed by atoms with Crippen LogP contribution < -0.4 is 16.1 Å². The van der Waals surface area contributed by atoms with E-state index < -0.39 is 5.56 Å². The van der Waals surface area contributed by atoms with E-state index in [1.54, 1.807) is 23.9 Å². The summed E-state index contributed by atoms with van der Waals surface area (Å²) >= 11 is 0. The fourth-order valence-electron chi connectivity index (χ4n) is 5.16. The molecule has 4 heterocycles. The van der Waals surface area contributed by atoms with E-state index in [-0.39, 0.29) is 23.1 Å². The second-order valence-corrected chi connectivity index (χ2v) is 9.50. The van der Waals surface area contributed by atoms with Crippen molar-refractivity contribution in [3.63, 3.8) is 0 Å². The van der Waals surface area contributed by atoms with Gasteiger partial charge >= 0.3 is 5.69 Å². The number of aromatic nitrogens is 8. The van der Waals surface area contributed by atoms with Gasteiger partial charge in [0.2, 0.25) is 5.95 Å². The van der Waals surface area contributed by atoms with Crippen molar-refractivity contribution in [2.45, 2.75) is 32.4 Å². The van der Waals surface area contributed by atoms with Gasteiger partial charge in [0.25, 0.3) is 5.56 Å². The molecule has 13 heteroatoms. The van der Waals surface area contributed by atoms with Gasteiger partial charge in [0.1, 0.15) is 5.82 Å². The number of aryl methyl sites for hydroxylation is 2. The third kappa shape index (κ3) is 4.43. The van der Waals surface area contributed by atoms with Crippen molar-refractivity contribution in [1.82, 2.24) is 43.8 Å². The van der Waals surface area contributed by atoms with E-state index in [4.69, 9.17) is 0 Å². The highest BCUT2D eigenvalue weighted by atomic mass is 19.1. The first-order valence-electron chi connectivity index (χ1n) is 12.4. The van der Waals surface area contributed by atoms with Crippen LogP contribution in [-0.2, 0) is 27.7 Å². The van der Waals surface area contributed by atoms with Crippen molar-refractivity contribution in [1.29, 1.82) is 0 Å². The van der Waals surface area contributed by atoms with Crippen molar-refractivity contribution in [3.8, 4) is 0 Å². The smallest absolute Gasteiger partial charge is 0.332 e. The molecule has 1 unspecified atom stereocenters. The molecule has 0 N–H and O–H groups in total. The van der Waals surface area contributed by atoms with Crippen LogP contribution >= 0.6 is 0 Å². The summed E-state index contributed by atoms with van der Waals surface area (Å²) < 4.78 is 19.5. The zero-order valence-corrected chi connectivity index (χ0v) is 21.5. The highest BCUT2D eigenvalue weighted by Gasteiger charge is 2.30. The summed E-state index contributed by atoms with van der Waals surface area (Å²) in [6.45, 7) is 5.52. The molecule has 1 atom stereocenters. The minimum atomic E-state index is -0.394. The molecule has 1 saturated heterocycles. The van der Waals surface area contributed by atoms with Crippen LogP contribution in [0.2, 0.25) is 0 Å². The Labute approximate surface area is 212 Å². The van der Waals surface area contributed by atoms with Crippen molar-refractivity contribution in [3.05, 3.63) is 62.3 Å². The Hall–Kier alpha value is -3.87. The van der Waals surface area contributed by atoms with Gasteiger partial charge in [-0.2, -0.15) is 0 Å². The fourth-order valence-corrected chi connectivity index (χ4v) is 5.16. The molecule has 1 aliphatic heterocycles. The molecule has 4 aromatic rings. The van der Waals surface area contributed by atoms with Gasteiger partial charge in [-0.25, -0.2) is 18.9 Å². The van der Waals surface area contributed by atoms with Crippen LogP contribution in [0, 0.1) is 5.82 Å². The molecule has 1 fully saturated rings. The lowest BCUT2D eigenvalue weighted by atomic mass is 10.1. The van der Waals surface area contributed by atoms with Crippen molar-refractivity contribution in [2.75, 3.05) is 31.1 Å². The van der Waals surface area contributed by atoms with Crippen LogP contribution in [0.3, 0.4) is 0 Å². The van der Waals surface area contributed by atoms with Crippen molar-refractivity contribution >= 4 is 17.1 Å². The highest BCUT2D eigenvalue weighted by molar-refractivity contribution is 5.74. The molecular weight excluding hydrogens is 479 g/mol. The lowest BCUT2D eigenvalue weighted by Gasteiger charge is -2.39. The van der Waals surface area contributed by atoms with E-state index in [1.807, 2.05) is 11.6 Å². The first-order valence-corrected chi connectivity index (χ1v) is 12.4. The maximum atomic E-state index is 13.3. The summed E-state index contributed by atoms with van der Waals surface area (Å²) in [4.78, 5) is 34.3. The molecule has 1 aromatic carbocycles. The third-order valence-corrected chi connectivity index (χ3v) is 7.14. The predicted octanol–water partition coefficient (Wildman–Crippen LogP) is 0.808. The molecule has 12 nitrogen and oxygen atoms in total. The topological polar surface area (TPSA) is 112 Å². The van der Waals surface area contributed by atoms with E-state index in [0.717, 1.165) is 41.9 Å². The normalized spacial score (nSPS) is 15.5. The molecule has 0 saturated carbocycles. The van der Waals surface area contributed by atoms with Crippen LogP contribution in [0.4, 0.5) is 10.3 Å². The molecular formula is C24H31FN10O2. The first-order chi connectivity index (χ1) is 17.8. The van der Waals surface area contributed by atoms with Crippen molar-refractivity contribution in [2.24, 2.45) is 21.1 Å². The van der Waals surface area contributed by atoms with Gasteiger partial charge in [-0.1, -0.05) is 25.5 Å². The maximum Gasteiger partial charge on any atom is 0.332 e. The lowest BCUT2D eigenvalue weighted by Crippen LogP contribution is -2.48. The number of anilines is 1. The molecule has 5 rings (SSSR count). The van der Waals surface area contributed by atoms with Gasteiger partial charge in [-0.05, 0) is 34.5 Å². The Bertz CT molecular complexity index is 1530. The van der Waals surface area contributed by atoms with Crippen LogP contribution in [-0.4, -0.2) is 70.0 Å². The molecule has 37 heavy (non-hydrogen) atoms. The number of benzene rings is 1. The van der Waals surface area contributed by atoms with E-state index in [2.05, 4.69) is 37.2 Å². The summed E-state index contributed by atoms with van der Waals surface area (Å²) in [5, 5.41) is 12.5. The summed E-state index contributed by atoms with van der Waals surface area (Å²) in [6.07, 6.45) is 1.87. The van der Waals surface area contributed by atoms with Crippen LogP contribution in [0.1, 0.15) is 37.2 Å². The molecule has 1 aliphatic rings. The number of tetrazole rings is 1. The summed E-state index contributed by atoms with van der Waals surface area (Å²) in [5.41, 5.74) is 0.951. The molecule has 196 valence electrons. The van der Waals surface area contributed by atoms with E-state index in [0.29, 0.717) is 31.2 Å². The third-order valence-electron chi connectivity index (χ3n) is 7.14. The van der Waals surface area contributed by atoms with E-state index >= 15 is 0 Å². The van der Waals surface area contributed by atoms with Crippen molar-refractivity contribution < 1.29 is 4.39 Å². The SMILES string of the molecule is CCCC(c1nnnn1Cc1ccc(F)cc1)N1CCN(c2nc3c(=O)n(C)c(=O)n(C)c3n2C)CC1. The minimum absolute atomic E-state index is 0.0381. The molecule has 0 radical (unpaired) electrons. The Morgan fingerprint density at radius 3 is 2.35 bits per heavy atom. The monoisotopic (exact) mass is 510 g/mol. The number of rotatable bonds is 7. The van der Waals surface area contributed by atoms with Gasteiger partial charge in [-0.15, -0.1) is 5.10 Å². The highest BCUT2D eigenvalue weighted by Crippen LogP contribution is 2.27. The first kappa shape index (κ1) is 24.8. The van der Waals surface area contributed by atoms with Gasteiger partial charge < -0.3 is 4.90 Å². The zero-order valence-electron chi connectivity index (χ0n) is 21.5. The maximum absolute atomic E-state index is 13.3. The van der Waals surface area contributed by atoms with Gasteiger partial charge in [0, 0.05) is 47.3 Å². The molecule has 0 spiro atoms. The molecule has 0 amide bonds.